The zero-order valence-corrected chi connectivity index (χ0v) is 16.1. The average Bonchev–Trinajstić information content (AvgIpc) is 2.69. The van der Waals surface area contributed by atoms with E-state index in [1.165, 1.54) is 62.6 Å². The molecule has 0 atom stereocenters. The maximum absolute atomic E-state index is 12.3. The molecule has 0 spiro atoms. The van der Waals surface area contributed by atoms with E-state index in [1.54, 1.807) is 0 Å². The van der Waals surface area contributed by atoms with Gasteiger partial charge in [-0.05, 0) is 60.3 Å². The zero-order valence-electron chi connectivity index (χ0n) is 15.3. The van der Waals surface area contributed by atoms with Gasteiger partial charge in [0.05, 0.1) is 5.69 Å². The number of nitrogens with zero attached hydrogens (tertiary/aromatic N) is 2. The van der Waals surface area contributed by atoms with Crippen LogP contribution in [0.25, 0.3) is 0 Å². The predicted octanol–water partition coefficient (Wildman–Crippen LogP) is 4.44. The third-order valence-corrected chi connectivity index (χ3v) is 4.26. The summed E-state index contributed by atoms with van der Waals surface area (Å²) < 4.78 is 42.6. The summed E-state index contributed by atoms with van der Waals surface area (Å²) in [6, 6.07) is 9.59. The number of amides is 5. The fraction of sp³-hybridized carbons (Fsp3) is 0.167. The summed E-state index contributed by atoms with van der Waals surface area (Å²) in [5.74, 6) is 0.648. The largest absolute Gasteiger partial charge is 0.457 e. The van der Waals surface area contributed by atoms with Gasteiger partial charge in [0.15, 0.2) is 0 Å². The quantitative estimate of drug-likeness (QED) is 0.564. The maximum Gasteiger partial charge on any atom is 0.446 e. The Morgan fingerprint density at radius 1 is 1.03 bits per heavy atom. The smallest absolute Gasteiger partial charge is 0.446 e. The number of carbonyl (C=O) groups is 3. The molecular weight excluding hydrogens is 411 g/mol. The van der Waals surface area contributed by atoms with Gasteiger partial charge in [0.2, 0.25) is 6.41 Å². The predicted molar refractivity (Wildman–Crippen MR) is 101 cm³/mol. The van der Waals surface area contributed by atoms with Crippen LogP contribution in [0.15, 0.2) is 53.4 Å². The van der Waals surface area contributed by atoms with Gasteiger partial charge in [-0.2, -0.15) is 13.2 Å². The normalized spacial score (nSPS) is 10.8. The van der Waals surface area contributed by atoms with E-state index in [9.17, 15) is 27.6 Å². The summed E-state index contributed by atoms with van der Waals surface area (Å²) >= 11 is -0.227. The van der Waals surface area contributed by atoms with Crippen molar-refractivity contribution in [3.63, 3.8) is 0 Å². The van der Waals surface area contributed by atoms with Crippen molar-refractivity contribution in [1.82, 2.24) is 10.2 Å². The van der Waals surface area contributed by atoms with Crippen LogP contribution in [-0.4, -0.2) is 43.0 Å². The number of carbonyl (C=O) groups excluding carboxylic acids is 3. The Labute approximate surface area is 168 Å². The van der Waals surface area contributed by atoms with Gasteiger partial charge in [-0.25, -0.2) is 19.4 Å². The number of imide groups is 2. The lowest BCUT2D eigenvalue weighted by atomic mass is 10.3. The number of ether oxygens (including phenoxy) is 1. The van der Waals surface area contributed by atoms with E-state index in [2.05, 4.69) is 5.32 Å². The first-order valence-corrected chi connectivity index (χ1v) is 8.84. The molecule has 0 saturated carbocycles. The lowest BCUT2D eigenvalue weighted by molar-refractivity contribution is -0.106. The number of anilines is 1. The van der Waals surface area contributed by atoms with Crippen LogP contribution in [-0.2, 0) is 4.79 Å². The Morgan fingerprint density at radius 3 is 2.00 bits per heavy atom. The molecule has 0 unspecified atom stereocenters. The van der Waals surface area contributed by atoms with Crippen LogP contribution >= 0.6 is 11.8 Å². The molecule has 0 saturated heterocycles. The summed E-state index contributed by atoms with van der Waals surface area (Å²) in [5, 5.41) is 2.27. The number of alkyl halides is 3. The SMILES string of the molecule is CNC(=O)N(C)C(=O)N(C=O)c1ccc(Oc2ccc(SC(F)(F)F)cc2)cc1. The van der Waals surface area contributed by atoms with E-state index in [-0.39, 0.29) is 28.8 Å². The molecule has 0 aliphatic rings. The van der Waals surface area contributed by atoms with Gasteiger partial charge in [0.1, 0.15) is 11.5 Å². The monoisotopic (exact) mass is 427 g/mol. The first-order valence-electron chi connectivity index (χ1n) is 8.02. The summed E-state index contributed by atoms with van der Waals surface area (Å²) in [6.45, 7) is 0. The minimum Gasteiger partial charge on any atom is -0.457 e. The minimum atomic E-state index is -4.37. The first kappa shape index (κ1) is 22.1. The molecule has 11 heteroatoms. The topological polar surface area (TPSA) is 79.0 Å². The summed E-state index contributed by atoms with van der Waals surface area (Å²) in [5.41, 5.74) is -4.17. The summed E-state index contributed by atoms with van der Waals surface area (Å²) in [6.07, 6.45) is 0.272. The molecular formula is C18H16F3N3O4S. The molecule has 0 radical (unpaired) electrons. The van der Waals surface area contributed by atoms with Crippen LogP contribution in [0.4, 0.5) is 28.4 Å². The third-order valence-electron chi connectivity index (χ3n) is 3.52. The molecule has 0 heterocycles. The number of thioether (sulfide) groups is 1. The van der Waals surface area contributed by atoms with Crippen molar-refractivity contribution in [2.75, 3.05) is 19.0 Å². The van der Waals surface area contributed by atoms with Crippen molar-refractivity contribution in [2.24, 2.45) is 0 Å². The van der Waals surface area contributed by atoms with Crippen LogP contribution in [0.2, 0.25) is 0 Å². The van der Waals surface area contributed by atoms with Crippen molar-refractivity contribution in [3.8, 4) is 11.5 Å². The number of hydrogen-bond donors (Lipinski definition) is 1. The summed E-state index contributed by atoms with van der Waals surface area (Å²) in [7, 11) is 2.56. The number of benzene rings is 2. The van der Waals surface area contributed by atoms with E-state index in [0.29, 0.717) is 11.5 Å². The molecule has 0 bridgehead atoms. The van der Waals surface area contributed by atoms with E-state index in [1.807, 2.05) is 0 Å². The van der Waals surface area contributed by atoms with Crippen molar-refractivity contribution in [1.29, 1.82) is 0 Å². The Morgan fingerprint density at radius 2 is 1.55 bits per heavy atom. The second-order valence-electron chi connectivity index (χ2n) is 5.49. The number of rotatable bonds is 5. The Balaban J connectivity index is 2.08. The van der Waals surface area contributed by atoms with E-state index in [0.717, 1.165) is 9.80 Å². The average molecular weight is 427 g/mol. The molecule has 5 amide bonds. The van der Waals surface area contributed by atoms with E-state index >= 15 is 0 Å². The van der Waals surface area contributed by atoms with E-state index < -0.39 is 17.6 Å². The van der Waals surface area contributed by atoms with Gasteiger partial charge in [0, 0.05) is 19.0 Å². The lowest BCUT2D eigenvalue weighted by Gasteiger charge is -2.22. The molecule has 7 nitrogen and oxygen atoms in total. The Hall–Kier alpha value is -3.21. The van der Waals surface area contributed by atoms with Gasteiger partial charge >= 0.3 is 17.6 Å². The van der Waals surface area contributed by atoms with Crippen LogP contribution in [0, 0.1) is 0 Å². The van der Waals surface area contributed by atoms with Crippen LogP contribution in [0.3, 0.4) is 0 Å². The summed E-state index contributed by atoms with van der Waals surface area (Å²) in [4.78, 5) is 36.6. The van der Waals surface area contributed by atoms with Crippen LogP contribution < -0.4 is 15.0 Å². The van der Waals surface area contributed by atoms with Crippen molar-refractivity contribution < 1.29 is 32.3 Å². The van der Waals surface area contributed by atoms with Gasteiger partial charge in [-0.15, -0.1) is 0 Å². The Kier molecular flexibility index (Phi) is 7.10. The molecule has 1 N–H and O–H groups in total. The highest BCUT2D eigenvalue weighted by atomic mass is 32.2. The number of halogens is 3. The molecule has 2 rings (SSSR count). The highest BCUT2D eigenvalue weighted by Crippen LogP contribution is 2.37. The lowest BCUT2D eigenvalue weighted by Crippen LogP contribution is -2.46. The van der Waals surface area contributed by atoms with Gasteiger partial charge in [0.25, 0.3) is 0 Å². The molecule has 0 fully saturated rings. The molecule has 154 valence electrons. The van der Waals surface area contributed by atoms with Crippen molar-refractivity contribution in [3.05, 3.63) is 48.5 Å². The van der Waals surface area contributed by atoms with Crippen LogP contribution in [0.1, 0.15) is 0 Å². The van der Waals surface area contributed by atoms with Gasteiger partial charge in [-0.1, -0.05) is 0 Å². The highest BCUT2D eigenvalue weighted by Gasteiger charge is 2.29. The van der Waals surface area contributed by atoms with Gasteiger partial charge in [-0.3, -0.25) is 4.79 Å². The second kappa shape index (κ2) is 9.32. The van der Waals surface area contributed by atoms with Gasteiger partial charge < -0.3 is 10.1 Å². The third kappa shape index (κ3) is 6.14. The first-order chi connectivity index (χ1) is 13.6. The Bertz CT molecular complexity index is 873. The number of urea groups is 2. The molecule has 0 aliphatic heterocycles. The molecule has 2 aromatic rings. The number of hydrogen-bond acceptors (Lipinski definition) is 5. The fourth-order valence-electron chi connectivity index (χ4n) is 2.15. The zero-order chi connectivity index (χ0) is 21.6. The molecule has 29 heavy (non-hydrogen) atoms. The highest BCUT2D eigenvalue weighted by molar-refractivity contribution is 8.00. The fourth-order valence-corrected chi connectivity index (χ4v) is 2.69. The van der Waals surface area contributed by atoms with Crippen LogP contribution in [0.5, 0.6) is 11.5 Å². The minimum absolute atomic E-state index is 0.0283. The van der Waals surface area contributed by atoms with E-state index in [4.69, 9.17) is 4.74 Å². The second-order valence-corrected chi connectivity index (χ2v) is 6.63. The molecule has 0 aliphatic carbocycles. The maximum atomic E-state index is 12.3. The standard InChI is InChI=1S/C18H16F3N3O4S/c1-22-16(26)23(2)17(27)24(11-25)12-3-5-13(6-4-12)28-14-7-9-15(10-8-14)29-18(19,20)21/h3-11H,1-2H3,(H,22,26). The molecule has 2 aromatic carbocycles. The molecule has 0 aromatic heterocycles. The number of nitrogens with one attached hydrogen (secondary N) is 1. The van der Waals surface area contributed by atoms with Crippen molar-refractivity contribution >= 4 is 35.9 Å². The van der Waals surface area contributed by atoms with Crippen molar-refractivity contribution in [2.45, 2.75) is 10.4 Å².